The van der Waals surface area contributed by atoms with E-state index in [1.807, 2.05) is 48.5 Å². The van der Waals surface area contributed by atoms with Gasteiger partial charge in [-0.15, -0.1) is 0 Å². The molecule has 0 aliphatic rings. The van der Waals surface area contributed by atoms with Crippen molar-refractivity contribution in [3.63, 3.8) is 0 Å². The second-order valence-electron chi connectivity index (χ2n) is 3.64. The first-order chi connectivity index (χ1) is 8.93. The van der Waals surface area contributed by atoms with Gasteiger partial charge in [0.2, 0.25) is 0 Å². The molecule has 5 heteroatoms. The second kappa shape index (κ2) is 6.25. The van der Waals surface area contributed by atoms with E-state index in [-0.39, 0.29) is 19.5 Å². The maximum Gasteiger partial charge on any atom is 0.181 e. The van der Waals surface area contributed by atoms with Crippen molar-refractivity contribution in [2.24, 2.45) is 0 Å². The fourth-order valence-electron chi connectivity index (χ4n) is 1.61. The van der Waals surface area contributed by atoms with Crippen LogP contribution in [0.5, 0.6) is 0 Å². The molecule has 4 rings (SSSR count). The zero-order chi connectivity index (χ0) is 12.2. The first kappa shape index (κ1) is 13.4. The van der Waals surface area contributed by atoms with E-state index < -0.39 is 0 Å². The van der Waals surface area contributed by atoms with Crippen LogP contribution < -0.4 is 0 Å². The zero-order valence-corrected chi connectivity index (χ0v) is 13.2. The summed E-state index contributed by atoms with van der Waals surface area (Å²) < 4.78 is 10.0. The number of aromatic nitrogens is 2. The van der Waals surface area contributed by atoms with E-state index in [1.54, 1.807) is 0 Å². The minimum absolute atomic E-state index is 0. The fraction of sp³-hybridized carbons (Fsp3) is 0. The number of para-hydroxylation sites is 4. The molecule has 0 amide bonds. The van der Waals surface area contributed by atoms with Crippen LogP contribution in [0.1, 0.15) is 0 Å². The number of nitrogens with zero attached hydrogens (tertiary/aromatic N) is 2. The van der Waals surface area contributed by atoms with Crippen molar-refractivity contribution in [1.82, 2.24) is 9.97 Å². The van der Waals surface area contributed by atoms with Crippen LogP contribution in [0.2, 0.25) is 0 Å². The molecule has 19 heavy (non-hydrogen) atoms. The standard InChI is InChI=1S/2C7H5NO.Zn/c2*1-2-4-7-6(3-1)8-5-9-7;/h2*1-5H;. The molecule has 0 fully saturated rings. The van der Waals surface area contributed by atoms with Gasteiger partial charge >= 0.3 is 0 Å². The van der Waals surface area contributed by atoms with Crippen molar-refractivity contribution in [2.45, 2.75) is 0 Å². The largest absolute Gasteiger partial charge is 0.443 e. The van der Waals surface area contributed by atoms with Crippen LogP contribution >= 0.6 is 0 Å². The third kappa shape index (κ3) is 3.06. The minimum atomic E-state index is 0. The van der Waals surface area contributed by atoms with Gasteiger partial charge in [-0.25, -0.2) is 9.97 Å². The van der Waals surface area contributed by atoms with E-state index in [2.05, 4.69) is 9.97 Å². The molecule has 0 aliphatic heterocycles. The van der Waals surface area contributed by atoms with Crippen LogP contribution in [0.25, 0.3) is 22.2 Å². The summed E-state index contributed by atoms with van der Waals surface area (Å²) in [6.07, 6.45) is 2.90. The average Bonchev–Trinajstić information content (AvgIpc) is 3.08. The molecule has 4 nitrogen and oxygen atoms in total. The van der Waals surface area contributed by atoms with Crippen molar-refractivity contribution in [2.75, 3.05) is 0 Å². The van der Waals surface area contributed by atoms with Crippen LogP contribution in [0, 0.1) is 0 Å². The van der Waals surface area contributed by atoms with Crippen molar-refractivity contribution < 1.29 is 28.3 Å². The fourth-order valence-corrected chi connectivity index (χ4v) is 1.61. The Morgan fingerprint density at radius 3 is 1.47 bits per heavy atom. The monoisotopic (exact) mass is 302 g/mol. The summed E-state index contributed by atoms with van der Waals surface area (Å²) >= 11 is 0. The van der Waals surface area contributed by atoms with Crippen LogP contribution in [0.4, 0.5) is 0 Å². The molecule has 0 bridgehead atoms. The quantitative estimate of drug-likeness (QED) is 0.465. The van der Waals surface area contributed by atoms with Gasteiger partial charge in [-0.05, 0) is 24.3 Å². The number of hydrogen-bond donors (Lipinski definition) is 0. The molecule has 4 aromatic rings. The van der Waals surface area contributed by atoms with Gasteiger partial charge in [-0.2, -0.15) is 0 Å². The van der Waals surface area contributed by atoms with Crippen LogP contribution in [-0.2, 0) is 19.5 Å². The van der Waals surface area contributed by atoms with Crippen LogP contribution in [0.15, 0.2) is 70.2 Å². The molecule has 0 aliphatic carbocycles. The summed E-state index contributed by atoms with van der Waals surface area (Å²) in [5.74, 6) is 0. The Bertz CT molecular complexity index is 637. The van der Waals surface area contributed by atoms with E-state index in [0.717, 1.165) is 22.2 Å². The second-order valence-corrected chi connectivity index (χ2v) is 3.64. The predicted octanol–water partition coefficient (Wildman–Crippen LogP) is 3.65. The Kier molecular flexibility index (Phi) is 4.42. The Morgan fingerprint density at radius 2 is 1.05 bits per heavy atom. The van der Waals surface area contributed by atoms with Crippen molar-refractivity contribution in [3.8, 4) is 0 Å². The molecule has 2 heterocycles. The maximum absolute atomic E-state index is 5.01. The van der Waals surface area contributed by atoms with Gasteiger partial charge in [0.15, 0.2) is 24.0 Å². The molecule has 0 saturated carbocycles. The van der Waals surface area contributed by atoms with E-state index in [9.17, 15) is 0 Å². The number of hydrogen-bond acceptors (Lipinski definition) is 4. The molecule has 2 aromatic carbocycles. The molecule has 0 unspecified atom stereocenters. The van der Waals surface area contributed by atoms with E-state index in [4.69, 9.17) is 8.83 Å². The summed E-state index contributed by atoms with van der Waals surface area (Å²) in [5, 5.41) is 0. The van der Waals surface area contributed by atoms with Gasteiger partial charge in [0, 0.05) is 19.5 Å². The SMILES string of the molecule is [Zn].c1ccc2ocnc2c1.c1ccc2ocnc2c1. The van der Waals surface area contributed by atoms with E-state index in [1.165, 1.54) is 12.8 Å². The normalized spacial score (nSPS) is 9.68. The smallest absolute Gasteiger partial charge is 0.181 e. The zero-order valence-electron chi connectivity index (χ0n) is 10.2. The summed E-state index contributed by atoms with van der Waals surface area (Å²) in [7, 11) is 0. The van der Waals surface area contributed by atoms with Gasteiger partial charge in [-0.3, -0.25) is 0 Å². The number of rotatable bonds is 0. The van der Waals surface area contributed by atoms with E-state index in [0.29, 0.717) is 0 Å². The molecule has 0 atom stereocenters. The Balaban J connectivity index is 0.000000133. The summed E-state index contributed by atoms with van der Waals surface area (Å²) in [6.45, 7) is 0. The third-order valence-corrected chi connectivity index (χ3v) is 2.47. The first-order valence-corrected chi connectivity index (χ1v) is 5.50. The number of oxazole rings is 2. The molecule has 0 N–H and O–H groups in total. The first-order valence-electron chi connectivity index (χ1n) is 5.50. The molecular weight excluding hydrogens is 294 g/mol. The molecule has 2 aromatic heterocycles. The summed E-state index contributed by atoms with van der Waals surface area (Å²) in [4.78, 5) is 7.90. The predicted molar refractivity (Wildman–Crippen MR) is 68.0 cm³/mol. The Morgan fingerprint density at radius 1 is 0.632 bits per heavy atom. The summed E-state index contributed by atoms with van der Waals surface area (Å²) in [6, 6.07) is 15.3. The van der Waals surface area contributed by atoms with Gasteiger partial charge in [0.1, 0.15) is 11.0 Å². The van der Waals surface area contributed by atoms with Crippen molar-refractivity contribution >= 4 is 22.2 Å². The minimum Gasteiger partial charge on any atom is -0.443 e. The van der Waals surface area contributed by atoms with Gasteiger partial charge in [0.25, 0.3) is 0 Å². The van der Waals surface area contributed by atoms with Crippen molar-refractivity contribution in [3.05, 3.63) is 61.3 Å². The Labute approximate surface area is 122 Å². The molecule has 0 radical (unpaired) electrons. The molecule has 0 spiro atoms. The van der Waals surface area contributed by atoms with Crippen LogP contribution in [-0.4, -0.2) is 9.97 Å². The maximum atomic E-state index is 5.01. The Hall–Kier alpha value is -2.00. The average molecular weight is 304 g/mol. The van der Waals surface area contributed by atoms with Gasteiger partial charge in [-0.1, -0.05) is 24.3 Å². The third-order valence-electron chi connectivity index (χ3n) is 2.47. The van der Waals surface area contributed by atoms with Gasteiger partial charge < -0.3 is 8.83 Å². The van der Waals surface area contributed by atoms with Gasteiger partial charge in [0.05, 0.1) is 0 Å². The molecule has 0 saturated heterocycles. The summed E-state index contributed by atoms with van der Waals surface area (Å²) in [5.41, 5.74) is 3.52. The van der Waals surface area contributed by atoms with Crippen LogP contribution in [0.3, 0.4) is 0 Å². The molecular formula is C14H10N2O2Zn. The molecule has 90 valence electrons. The number of benzene rings is 2. The van der Waals surface area contributed by atoms with E-state index >= 15 is 0 Å². The topological polar surface area (TPSA) is 52.1 Å². The number of fused-ring (bicyclic) bond motifs is 2. The van der Waals surface area contributed by atoms with Crippen molar-refractivity contribution in [1.29, 1.82) is 0 Å².